The Kier molecular flexibility index (Phi) is 7.44. The summed E-state index contributed by atoms with van der Waals surface area (Å²) in [7, 11) is -2.40. The highest BCUT2D eigenvalue weighted by Crippen LogP contribution is 2.28. The quantitative estimate of drug-likeness (QED) is 0.503. The Labute approximate surface area is 204 Å². The fourth-order valence-electron chi connectivity index (χ4n) is 3.85. The van der Waals surface area contributed by atoms with Crippen LogP contribution in [0.2, 0.25) is 0 Å². The maximum absolute atomic E-state index is 12.8. The summed E-state index contributed by atoms with van der Waals surface area (Å²) in [6.07, 6.45) is 0. The van der Waals surface area contributed by atoms with E-state index in [9.17, 15) is 13.2 Å². The van der Waals surface area contributed by atoms with Crippen LogP contribution in [0.3, 0.4) is 0 Å². The van der Waals surface area contributed by atoms with Crippen LogP contribution in [0.4, 0.5) is 0 Å². The van der Waals surface area contributed by atoms with E-state index in [1.165, 1.54) is 46.6 Å². The first-order chi connectivity index (χ1) is 16.4. The van der Waals surface area contributed by atoms with Gasteiger partial charge in [-0.15, -0.1) is 11.3 Å². The standard InChI is InChI=1S/C25H26N4O3S2/c1-27(34(31,32)23-10-7-20(17-26)8-11-23)19-25(30)29-15-13-28(14-16-29)18-22-9-12-24(33-22)21-5-3-2-4-6-21/h2-12H,13-16,18-19H2,1H3. The van der Waals surface area contributed by atoms with E-state index in [0.29, 0.717) is 18.7 Å². The van der Waals surface area contributed by atoms with Gasteiger partial charge in [0.15, 0.2) is 0 Å². The monoisotopic (exact) mass is 494 g/mol. The molecule has 0 N–H and O–H groups in total. The Balaban J connectivity index is 1.29. The number of sulfonamides is 1. The highest BCUT2D eigenvalue weighted by molar-refractivity contribution is 7.89. The number of likely N-dealkylation sites (N-methyl/N-ethyl adjacent to an activating group) is 1. The van der Waals surface area contributed by atoms with Gasteiger partial charge in [0, 0.05) is 49.5 Å². The maximum Gasteiger partial charge on any atom is 0.243 e. The zero-order valence-corrected chi connectivity index (χ0v) is 20.6. The summed E-state index contributed by atoms with van der Waals surface area (Å²) in [5.74, 6) is -0.207. The number of rotatable bonds is 7. The largest absolute Gasteiger partial charge is 0.339 e. The third-order valence-corrected chi connectivity index (χ3v) is 8.81. The van der Waals surface area contributed by atoms with Gasteiger partial charge in [-0.3, -0.25) is 9.69 Å². The number of carbonyl (C=O) groups excluding carboxylic acids is 1. The molecule has 0 spiro atoms. The van der Waals surface area contributed by atoms with E-state index in [2.05, 4.69) is 29.2 Å². The van der Waals surface area contributed by atoms with Crippen LogP contribution in [-0.2, 0) is 21.4 Å². The maximum atomic E-state index is 12.8. The molecule has 4 rings (SSSR count). The van der Waals surface area contributed by atoms with E-state index in [-0.39, 0.29) is 17.3 Å². The predicted octanol–water partition coefficient (Wildman–Crippen LogP) is 3.25. The zero-order chi connectivity index (χ0) is 24.1. The van der Waals surface area contributed by atoms with Gasteiger partial charge in [0.1, 0.15) is 0 Å². The number of carbonyl (C=O) groups is 1. The van der Waals surface area contributed by atoms with Gasteiger partial charge in [0.2, 0.25) is 15.9 Å². The first kappa shape index (κ1) is 24.1. The summed E-state index contributed by atoms with van der Waals surface area (Å²) in [6.45, 7) is 3.26. The van der Waals surface area contributed by atoms with Crippen LogP contribution in [0, 0.1) is 11.3 Å². The lowest BCUT2D eigenvalue weighted by Gasteiger charge is -2.35. The summed E-state index contributed by atoms with van der Waals surface area (Å²) in [5.41, 5.74) is 1.60. The van der Waals surface area contributed by atoms with Crippen LogP contribution in [-0.4, -0.2) is 68.2 Å². The van der Waals surface area contributed by atoms with Crippen molar-refractivity contribution in [1.82, 2.24) is 14.1 Å². The van der Waals surface area contributed by atoms with Crippen molar-refractivity contribution in [3.63, 3.8) is 0 Å². The lowest BCUT2D eigenvalue weighted by atomic mass is 10.2. The van der Waals surface area contributed by atoms with Crippen molar-refractivity contribution in [2.45, 2.75) is 11.4 Å². The molecule has 1 aliphatic rings. The molecule has 0 unspecified atom stereocenters. The summed E-state index contributed by atoms with van der Waals surface area (Å²) in [6, 6.07) is 22.3. The smallest absolute Gasteiger partial charge is 0.243 e. The van der Waals surface area contributed by atoms with E-state index in [1.807, 2.05) is 24.3 Å². The summed E-state index contributed by atoms with van der Waals surface area (Å²) in [5, 5.41) is 8.89. The molecule has 0 radical (unpaired) electrons. The van der Waals surface area contributed by atoms with Crippen LogP contribution in [0.1, 0.15) is 10.4 Å². The van der Waals surface area contributed by atoms with Crippen molar-refractivity contribution in [3.05, 3.63) is 77.2 Å². The molecule has 0 aliphatic carbocycles. The van der Waals surface area contributed by atoms with Crippen molar-refractivity contribution >= 4 is 27.3 Å². The lowest BCUT2D eigenvalue weighted by molar-refractivity contribution is -0.133. The van der Waals surface area contributed by atoms with E-state index in [4.69, 9.17) is 5.26 Å². The summed E-state index contributed by atoms with van der Waals surface area (Å²) < 4.78 is 26.6. The second-order valence-electron chi connectivity index (χ2n) is 8.19. The molecular weight excluding hydrogens is 468 g/mol. The minimum absolute atomic E-state index is 0.0671. The number of benzene rings is 2. The Morgan fingerprint density at radius 2 is 1.68 bits per heavy atom. The van der Waals surface area contributed by atoms with Gasteiger partial charge >= 0.3 is 0 Å². The minimum Gasteiger partial charge on any atom is -0.339 e. The second kappa shape index (κ2) is 10.5. The Hall–Kier alpha value is -3.03. The highest BCUT2D eigenvalue weighted by Gasteiger charge is 2.27. The molecule has 1 saturated heterocycles. The third kappa shape index (κ3) is 5.54. The van der Waals surface area contributed by atoms with Crippen LogP contribution >= 0.6 is 11.3 Å². The minimum atomic E-state index is -3.80. The topological polar surface area (TPSA) is 84.7 Å². The first-order valence-corrected chi connectivity index (χ1v) is 13.2. The molecule has 2 aromatic carbocycles. The van der Waals surface area contributed by atoms with E-state index >= 15 is 0 Å². The molecule has 34 heavy (non-hydrogen) atoms. The fourth-order valence-corrected chi connectivity index (χ4v) is 6.03. The molecule has 1 amide bonds. The highest BCUT2D eigenvalue weighted by atomic mass is 32.2. The molecule has 9 heteroatoms. The normalized spacial score (nSPS) is 14.8. The van der Waals surface area contributed by atoms with Gasteiger partial charge in [-0.05, 0) is 42.0 Å². The van der Waals surface area contributed by atoms with Crippen LogP contribution in [0.15, 0.2) is 71.6 Å². The van der Waals surface area contributed by atoms with E-state index in [0.717, 1.165) is 23.9 Å². The van der Waals surface area contributed by atoms with Gasteiger partial charge in [-0.1, -0.05) is 30.3 Å². The number of hydrogen-bond donors (Lipinski definition) is 0. The van der Waals surface area contributed by atoms with Crippen molar-refractivity contribution in [2.75, 3.05) is 39.8 Å². The molecule has 3 aromatic rings. The lowest BCUT2D eigenvalue weighted by Crippen LogP contribution is -2.51. The third-order valence-electron chi connectivity index (χ3n) is 5.87. The Morgan fingerprint density at radius 3 is 2.32 bits per heavy atom. The average Bonchev–Trinajstić information content (AvgIpc) is 3.33. The first-order valence-electron chi connectivity index (χ1n) is 11.0. The van der Waals surface area contributed by atoms with Gasteiger partial charge in [0.25, 0.3) is 0 Å². The molecule has 1 fully saturated rings. The van der Waals surface area contributed by atoms with Crippen molar-refractivity contribution in [2.24, 2.45) is 0 Å². The van der Waals surface area contributed by atoms with Gasteiger partial charge < -0.3 is 4.90 Å². The molecule has 2 heterocycles. The van der Waals surface area contributed by atoms with Crippen molar-refractivity contribution in [3.8, 4) is 16.5 Å². The number of hydrogen-bond acceptors (Lipinski definition) is 6. The molecule has 0 bridgehead atoms. The van der Waals surface area contributed by atoms with E-state index in [1.54, 1.807) is 16.2 Å². The molecular formula is C25H26N4O3S2. The van der Waals surface area contributed by atoms with Gasteiger partial charge in [-0.2, -0.15) is 9.57 Å². The summed E-state index contributed by atoms with van der Waals surface area (Å²) >= 11 is 1.78. The fraction of sp³-hybridized carbons (Fsp3) is 0.280. The van der Waals surface area contributed by atoms with E-state index < -0.39 is 10.0 Å². The Morgan fingerprint density at radius 1 is 1.00 bits per heavy atom. The molecule has 176 valence electrons. The molecule has 1 aliphatic heterocycles. The van der Waals surface area contributed by atoms with Gasteiger partial charge in [0.05, 0.1) is 23.1 Å². The number of amides is 1. The molecule has 0 atom stereocenters. The number of nitriles is 1. The number of thiophene rings is 1. The Bertz CT molecular complexity index is 1270. The average molecular weight is 495 g/mol. The van der Waals surface area contributed by atoms with Crippen LogP contribution in [0.25, 0.3) is 10.4 Å². The zero-order valence-electron chi connectivity index (χ0n) is 18.9. The SMILES string of the molecule is CN(CC(=O)N1CCN(Cc2ccc(-c3ccccc3)s2)CC1)S(=O)(=O)c1ccc(C#N)cc1. The summed E-state index contributed by atoms with van der Waals surface area (Å²) in [4.78, 5) is 19.4. The van der Waals surface area contributed by atoms with Crippen molar-refractivity contribution in [1.29, 1.82) is 5.26 Å². The molecule has 7 nitrogen and oxygen atoms in total. The number of piperazine rings is 1. The van der Waals surface area contributed by atoms with Crippen molar-refractivity contribution < 1.29 is 13.2 Å². The number of nitrogens with zero attached hydrogens (tertiary/aromatic N) is 4. The van der Waals surface area contributed by atoms with Gasteiger partial charge in [-0.25, -0.2) is 8.42 Å². The second-order valence-corrected chi connectivity index (χ2v) is 11.4. The molecule has 1 aromatic heterocycles. The van der Waals surface area contributed by atoms with Crippen LogP contribution < -0.4 is 0 Å². The predicted molar refractivity (Wildman–Crippen MR) is 133 cm³/mol. The van der Waals surface area contributed by atoms with Crippen LogP contribution in [0.5, 0.6) is 0 Å². The molecule has 0 saturated carbocycles.